The minimum atomic E-state index is -4.67. The van der Waals surface area contributed by atoms with Gasteiger partial charge in [0.25, 0.3) is 0 Å². The SMILES string of the molecule is FC(F)(F)Oc1cccc2cc(Br)ccc12. The van der Waals surface area contributed by atoms with E-state index < -0.39 is 6.36 Å². The second kappa shape index (κ2) is 3.97. The van der Waals surface area contributed by atoms with Crippen LogP contribution in [0.1, 0.15) is 0 Å². The second-order valence-corrected chi connectivity index (χ2v) is 4.09. The van der Waals surface area contributed by atoms with Gasteiger partial charge < -0.3 is 4.74 Å². The molecule has 2 aromatic carbocycles. The number of halogens is 4. The monoisotopic (exact) mass is 290 g/mol. The van der Waals surface area contributed by atoms with E-state index in [0.717, 1.165) is 4.47 Å². The molecule has 0 amide bonds. The van der Waals surface area contributed by atoms with Crippen LogP contribution in [-0.4, -0.2) is 6.36 Å². The summed E-state index contributed by atoms with van der Waals surface area (Å²) < 4.78 is 41.1. The Balaban J connectivity index is 2.54. The van der Waals surface area contributed by atoms with Crippen molar-refractivity contribution in [1.82, 2.24) is 0 Å². The van der Waals surface area contributed by atoms with Gasteiger partial charge in [-0.25, -0.2) is 0 Å². The Bertz CT molecular complexity index is 522. The van der Waals surface area contributed by atoms with Crippen LogP contribution in [0.15, 0.2) is 40.9 Å². The molecular formula is C11H6BrF3O. The van der Waals surface area contributed by atoms with Crippen molar-refractivity contribution in [2.75, 3.05) is 0 Å². The average Bonchev–Trinajstić information content (AvgIpc) is 2.15. The zero-order valence-electron chi connectivity index (χ0n) is 7.88. The van der Waals surface area contributed by atoms with E-state index >= 15 is 0 Å². The second-order valence-electron chi connectivity index (χ2n) is 3.17. The zero-order valence-corrected chi connectivity index (χ0v) is 9.47. The Labute approximate surface area is 98.0 Å². The number of benzene rings is 2. The normalized spacial score (nSPS) is 11.8. The van der Waals surface area contributed by atoms with Gasteiger partial charge in [0.2, 0.25) is 0 Å². The van der Waals surface area contributed by atoms with Crippen molar-refractivity contribution in [3.8, 4) is 5.75 Å². The summed E-state index contributed by atoms with van der Waals surface area (Å²) in [5.41, 5.74) is 0. The molecule has 2 aromatic rings. The van der Waals surface area contributed by atoms with Gasteiger partial charge in [-0.3, -0.25) is 0 Å². The molecule has 0 aliphatic heterocycles. The minimum Gasteiger partial charge on any atom is -0.405 e. The molecule has 0 saturated carbocycles. The van der Waals surface area contributed by atoms with E-state index in [1.165, 1.54) is 12.1 Å². The Morgan fingerprint density at radius 3 is 2.50 bits per heavy atom. The first-order valence-electron chi connectivity index (χ1n) is 4.40. The van der Waals surface area contributed by atoms with Crippen molar-refractivity contribution in [3.05, 3.63) is 40.9 Å². The van der Waals surface area contributed by atoms with Crippen LogP contribution in [0.5, 0.6) is 5.75 Å². The van der Waals surface area contributed by atoms with Crippen LogP contribution in [0.2, 0.25) is 0 Å². The molecule has 0 aliphatic carbocycles. The smallest absolute Gasteiger partial charge is 0.405 e. The molecule has 0 heterocycles. The van der Waals surface area contributed by atoms with Crippen LogP contribution < -0.4 is 4.74 Å². The van der Waals surface area contributed by atoms with Gasteiger partial charge in [0.1, 0.15) is 5.75 Å². The molecule has 0 atom stereocenters. The lowest BCUT2D eigenvalue weighted by Crippen LogP contribution is -2.17. The molecule has 0 bridgehead atoms. The Morgan fingerprint density at radius 2 is 1.81 bits per heavy atom. The summed E-state index contributed by atoms with van der Waals surface area (Å²) >= 11 is 3.26. The third-order valence-corrected chi connectivity index (χ3v) is 2.52. The fourth-order valence-corrected chi connectivity index (χ4v) is 1.82. The van der Waals surface area contributed by atoms with Gasteiger partial charge in [-0.2, -0.15) is 0 Å². The van der Waals surface area contributed by atoms with Crippen LogP contribution in [-0.2, 0) is 0 Å². The largest absolute Gasteiger partial charge is 0.573 e. The molecule has 5 heteroatoms. The molecule has 1 nitrogen and oxygen atoms in total. The number of rotatable bonds is 1. The van der Waals surface area contributed by atoms with Gasteiger partial charge in [-0.15, -0.1) is 13.2 Å². The molecular weight excluding hydrogens is 285 g/mol. The minimum absolute atomic E-state index is 0.183. The van der Waals surface area contributed by atoms with Gasteiger partial charge in [0.05, 0.1) is 0 Å². The number of hydrogen-bond acceptors (Lipinski definition) is 1. The standard InChI is InChI=1S/C11H6BrF3O/c12-8-4-5-9-7(6-8)2-1-3-10(9)16-11(13,14)15/h1-6H. The fourth-order valence-electron chi connectivity index (χ4n) is 1.44. The summed E-state index contributed by atoms with van der Waals surface area (Å²) in [6, 6.07) is 9.54. The van der Waals surface area contributed by atoms with Crippen molar-refractivity contribution in [1.29, 1.82) is 0 Å². The lowest BCUT2D eigenvalue weighted by molar-refractivity contribution is -0.274. The molecule has 16 heavy (non-hydrogen) atoms. The number of fused-ring (bicyclic) bond motifs is 1. The van der Waals surface area contributed by atoms with E-state index in [2.05, 4.69) is 20.7 Å². The molecule has 0 spiro atoms. The third-order valence-electron chi connectivity index (χ3n) is 2.03. The van der Waals surface area contributed by atoms with E-state index in [1.54, 1.807) is 24.3 Å². The van der Waals surface area contributed by atoms with E-state index in [-0.39, 0.29) is 5.75 Å². The van der Waals surface area contributed by atoms with E-state index in [1.807, 2.05) is 0 Å². The van der Waals surface area contributed by atoms with Crippen molar-refractivity contribution in [2.24, 2.45) is 0 Å². The number of alkyl halides is 3. The average molecular weight is 291 g/mol. The number of ether oxygens (including phenoxy) is 1. The van der Waals surface area contributed by atoms with E-state index in [4.69, 9.17) is 0 Å². The zero-order chi connectivity index (χ0) is 11.8. The predicted octanol–water partition coefficient (Wildman–Crippen LogP) is 4.50. The summed E-state index contributed by atoms with van der Waals surface area (Å²) in [4.78, 5) is 0. The molecule has 0 N–H and O–H groups in total. The highest BCUT2D eigenvalue weighted by Crippen LogP contribution is 2.31. The maximum absolute atomic E-state index is 12.1. The molecule has 0 fully saturated rings. The van der Waals surface area contributed by atoms with Crippen molar-refractivity contribution >= 4 is 26.7 Å². The number of hydrogen-bond donors (Lipinski definition) is 0. The summed E-state index contributed by atoms with van der Waals surface area (Å²) in [5, 5.41) is 1.12. The van der Waals surface area contributed by atoms with Crippen LogP contribution in [0, 0.1) is 0 Å². The maximum Gasteiger partial charge on any atom is 0.573 e. The summed E-state index contributed by atoms with van der Waals surface area (Å²) in [6.45, 7) is 0. The van der Waals surface area contributed by atoms with Crippen LogP contribution in [0.25, 0.3) is 10.8 Å². The van der Waals surface area contributed by atoms with E-state index in [9.17, 15) is 13.2 Å². The quantitative estimate of drug-likeness (QED) is 0.751. The van der Waals surface area contributed by atoms with Gasteiger partial charge >= 0.3 is 6.36 Å². The predicted molar refractivity (Wildman–Crippen MR) is 58.3 cm³/mol. The van der Waals surface area contributed by atoms with Crippen LogP contribution in [0.4, 0.5) is 13.2 Å². The molecule has 0 radical (unpaired) electrons. The topological polar surface area (TPSA) is 9.23 Å². The fraction of sp³-hybridized carbons (Fsp3) is 0.0909. The molecule has 0 aliphatic rings. The molecule has 84 valence electrons. The molecule has 0 saturated heterocycles. The molecule has 0 aromatic heterocycles. The summed E-state index contributed by atoms with van der Waals surface area (Å²) in [6.07, 6.45) is -4.67. The first-order valence-corrected chi connectivity index (χ1v) is 5.19. The van der Waals surface area contributed by atoms with Gasteiger partial charge in [0.15, 0.2) is 0 Å². The molecule has 2 rings (SSSR count). The first kappa shape index (κ1) is 11.3. The highest BCUT2D eigenvalue weighted by atomic mass is 79.9. The van der Waals surface area contributed by atoms with Gasteiger partial charge in [-0.1, -0.05) is 28.1 Å². The lowest BCUT2D eigenvalue weighted by atomic mass is 10.1. The van der Waals surface area contributed by atoms with Gasteiger partial charge in [0, 0.05) is 9.86 Å². The van der Waals surface area contributed by atoms with Crippen LogP contribution in [0.3, 0.4) is 0 Å². The summed E-state index contributed by atoms with van der Waals surface area (Å²) in [5.74, 6) is -0.183. The van der Waals surface area contributed by atoms with E-state index in [0.29, 0.717) is 10.8 Å². The van der Waals surface area contributed by atoms with Crippen LogP contribution >= 0.6 is 15.9 Å². The van der Waals surface area contributed by atoms with Crippen molar-refractivity contribution < 1.29 is 17.9 Å². The first-order chi connectivity index (χ1) is 7.46. The highest BCUT2D eigenvalue weighted by Gasteiger charge is 2.31. The summed E-state index contributed by atoms with van der Waals surface area (Å²) in [7, 11) is 0. The van der Waals surface area contributed by atoms with Crippen molar-refractivity contribution in [3.63, 3.8) is 0 Å². The van der Waals surface area contributed by atoms with Gasteiger partial charge in [-0.05, 0) is 29.7 Å². The third kappa shape index (κ3) is 2.47. The molecule has 0 unspecified atom stereocenters. The Morgan fingerprint density at radius 1 is 1.06 bits per heavy atom. The maximum atomic E-state index is 12.1. The highest BCUT2D eigenvalue weighted by molar-refractivity contribution is 9.10. The van der Waals surface area contributed by atoms with Crippen molar-refractivity contribution in [2.45, 2.75) is 6.36 Å². The Hall–Kier alpha value is -1.23. The lowest BCUT2D eigenvalue weighted by Gasteiger charge is -2.11. The Kier molecular flexibility index (Phi) is 2.80.